The first-order chi connectivity index (χ1) is 17.7. The molecule has 12 nitrogen and oxygen atoms in total. The quantitative estimate of drug-likeness (QED) is 0.187. The van der Waals surface area contributed by atoms with Crippen LogP contribution in [0.1, 0.15) is 55.2 Å². The molecular formula is C25H33N5O7. The lowest BCUT2D eigenvalue weighted by molar-refractivity contribution is -0.142. The molecule has 0 fully saturated rings. The zero-order valence-electron chi connectivity index (χ0n) is 20.7. The first-order valence-electron chi connectivity index (χ1n) is 11.9. The average Bonchev–Trinajstić information content (AvgIpc) is 3.43. The molecule has 4 atom stereocenters. The van der Waals surface area contributed by atoms with Crippen LogP contribution in [-0.4, -0.2) is 69.5 Å². The number of rotatable bonds is 14. The molecule has 0 saturated carbocycles. The number of benzene rings is 1. The molecule has 37 heavy (non-hydrogen) atoms. The number of H-pyrrole nitrogens is 1. The smallest absolute Gasteiger partial charge is 0.326 e. The third-order valence-electron chi connectivity index (χ3n) is 5.64. The number of aromatic amines is 1. The fourth-order valence-corrected chi connectivity index (χ4v) is 3.51. The highest BCUT2D eigenvalue weighted by atomic mass is 16.4. The Hall–Kier alpha value is -4.19. The Morgan fingerprint density at radius 3 is 2.00 bits per heavy atom. The number of carboxylic acid groups (broad SMARTS) is 1. The Bertz CT molecular complexity index is 1060. The summed E-state index contributed by atoms with van der Waals surface area (Å²) in [6, 6.07) is 7.46. The Balaban J connectivity index is 2.09. The fraction of sp³-hybridized carbons (Fsp3) is 0.400. The molecule has 2 aromatic rings. The normalized spacial score (nSPS) is 13.9. The van der Waals surface area contributed by atoms with Crippen LogP contribution in [0.5, 0.6) is 0 Å². The third kappa shape index (κ3) is 8.76. The molecule has 2 rings (SSSR count). The number of carbonyl (C=O) groups excluding carboxylic acids is 4. The number of aliphatic hydroxyl groups is 1. The SMILES string of the molecule is CC[C@H](NC(=O)C[C@H](NC(=O)[C@H](CO)NC(=O)[C@H](CC)NC(=O)c1ccc[nH]1)c1ccccc1)C(=O)O. The molecule has 1 aromatic carbocycles. The molecule has 0 spiro atoms. The molecular weight excluding hydrogens is 482 g/mol. The lowest BCUT2D eigenvalue weighted by Gasteiger charge is -2.25. The van der Waals surface area contributed by atoms with Gasteiger partial charge in [0, 0.05) is 6.20 Å². The summed E-state index contributed by atoms with van der Waals surface area (Å²) in [5, 5.41) is 29.1. The van der Waals surface area contributed by atoms with Gasteiger partial charge in [0.15, 0.2) is 0 Å². The monoisotopic (exact) mass is 515 g/mol. The summed E-state index contributed by atoms with van der Waals surface area (Å²) in [6.07, 6.45) is 1.71. The van der Waals surface area contributed by atoms with Gasteiger partial charge in [-0.25, -0.2) is 4.79 Å². The molecule has 0 aliphatic heterocycles. The topological polar surface area (TPSA) is 190 Å². The molecule has 0 unspecified atom stereocenters. The largest absolute Gasteiger partial charge is 0.480 e. The standard InChI is InChI=1S/C25H33N5O7/c1-3-16(28-23(34)18-11-8-12-26-18)22(33)30-20(14-31)24(35)29-19(15-9-6-5-7-10-15)13-21(32)27-17(4-2)25(36)37/h5-12,16-17,19-20,26,31H,3-4,13-14H2,1-2H3,(H,27,32)(H,28,34)(H,29,35)(H,30,33)(H,36,37)/t16-,17-,19-,20-/m0/s1. The van der Waals surface area contributed by atoms with E-state index in [-0.39, 0.29) is 25.0 Å². The second kappa shape index (κ2) is 14.4. The van der Waals surface area contributed by atoms with Gasteiger partial charge in [-0.2, -0.15) is 0 Å². The van der Waals surface area contributed by atoms with E-state index in [1.165, 1.54) is 0 Å². The Kier molecular flexibility index (Phi) is 11.3. The number of hydrogen-bond donors (Lipinski definition) is 7. The van der Waals surface area contributed by atoms with Crippen LogP contribution in [-0.2, 0) is 19.2 Å². The Morgan fingerprint density at radius 1 is 0.811 bits per heavy atom. The highest BCUT2D eigenvalue weighted by molar-refractivity contribution is 5.97. The van der Waals surface area contributed by atoms with Crippen molar-refractivity contribution in [1.29, 1.82) is 0 Å². The first kappa shape index (κ1) is 29.0. The number of aromatic nitrogens is 1. The van der Waals surface area contributed by atoms with Gasteiger partial charge in [0.25, 0.3) is 5.91 Å². The minimum Gasteiger partial charge on any atom is -0.480 e. The summed E-state index contributed by atoms with van der Waals surface area (Å²) >= 11 is 0. The van der Waals surface area contributed by atoms with E-state index in [4.69, 9.17) is 0 Å². The number of nitrogens with one attached hydrogen (secondary N) is 5. The van der Waals surface area contributed by atoms with E-state index >= 15 is 0 Å². The maximum Gasteiger partial charge on any atom is 0.326 e. The second-order valence-electron chi connectivity index (χ2n) is 8.30. The van der Waals surface area contributed by atoms with Crippen molar-refractivity contribution in [2.75, 3.05) is 6.61 Å². The van der Waals surface area contributed by atoms with E-state index in [1.807, 2.05) is 0 Å². The Labute approximate surface area is 214 Å². The van der Waals surface area contributed by atoms with E-state index in [0.29, 0.717) is 5.56 Å². The highest BCUT2D eigenvalue weighted by Crippen LogP contribution is 2.17. The van der Waals surface area contributed by atoms with E-state index in [1.54, 1.807) is 62.5 Å². The van der Waals surface area contributed by atoms with Crippen LogP contribution in [0.3, 0.4) is 0 Å². The fourth-order valence-electron chi connectivity index (χ4n) is 3.51. The van der Waals surface area contributed by atoms with Crippen LogP contribution in [0, 0.1) is 0 Å². The number of hydrogen-bond acceptors (Lipinski definition) is 6. The van der Waals surface area contributed by atoms with E-state index < -0.39 is 60.4 Å². The van der Waals surface area contributed by atoms with Crippen molar-refractivity contribution in [3.8, 4) is 0 Å². The van der Waals surface area contributed by atoms with E-state index in [2.05, 4.69) is 26.3 Å². The van der Waals surface area contributed by atoms with Crippen molar-refractivity contribution >= 4 is 29.6 Å². The molecule has 4 amide bonds. The van der Waals surface area contributed by atoms with Crippen molar-refractivity contribution in [3.63, 3.8) is 0 Å². The van der Waals surface area contributed by atoms with E-state index in [9.17, 15) is 34.2 Å². The van der Waals surface area contributed by atoms with Crippen molar-refractivity contribution < 1.29 is 34.2 Å². The minimum atomic E-state index is -1.36. The molecule has 0 aliphatic carbocycles. The molecule has 7 N–H and O–H groups in total. The summed E-state index contributed by atoms with van der Waals surface area (Å²) in [7, 11) is 0. The summed E-state index contributed by atoms with van der Waals surface area (Å²) in [4.78, 5) is 64.6. The van der Waals surface area contributed by atoms with Crippen molar-refractivity contribution in [2.45, 2.75) is 57.3 Å². The van der Waals surface area contributed by atoms with Gasteiger partial charge in [-0.3, -0.25) is 19.2 Å². The molecule has 0 radical (unpaired) electrons. The molecule has 0 aliphatic rings. The zero-order chi connectivity index (χ0) is 27.4. The van der Waals surface area contributed by atoms with Gasteiger partial charge in [-0.1, -0.05) is 44.2 Å². The van der Waals surface area contributed by atoms with Crippen molar-refractivity contribution in [2.24, 2.45) is 0 Å². The predicted octanol–water partition coefficient (Wildman–Crippen LogP) is 0.227. The molecule has 0 bridgehead atoms. The predicted molar refractivity (Wildman–Crippen MR) is 133 cm³/mol. The number of amides is 4. The minimum absolute atomic E-state index is 0.182. The van der Waals surface area contributed by atoms with Gasteiger partial charge in [0.2, 0.25) is 17.7 Å². The van der Waals surface area contributed by atoms with Crippen molar-refractivity contribution in [1.82, 2.24) is 26.3 Å². The number of carboxylic acids is 1. The third-order valence-corrected chi connectivity index (χ3v) is 5.64. The Morgan fingerprint density at radius 2 is 1.46 bits per heavy atom. The molecule has 200 valence electrons. The summed E-state index contributed by atoms with van der Waals surface area (Å²) in [5.74, 6) is -3.69. The van der Waals surface area contributed by atoms with Crippen LogP contribution < -0.4 is 21.3 Å². The zero-order valence-corrected chi connectivity index (χ0v) is 20.7. The average molecular weight is 516 g/mol. The maximum absolute atomic E-state index is 13.0. The number of aliphatic hydroxyl groups excluding tert-OH is 1. The first-order valence-corrected chi connectivity index (χ1v) is 11.9. The molecule has 1 heterocycles. The lowest BCUT2D eigenvalue weighted by atomic mass is 10.0. The van der Waals surface area contributed by atoms with Gasteiger partial charge in [0.05, 0.1) is 19.1 Å². The van der Waals surface area contributed by atoms with Gasteiger partial charge < -0.3 is 36.5 Å². The van der Waals surface area contributed by atoms with Crippen molar-refractivity contribution in [3.05, 3.63) is 59.9 Å². The highest BCUT2D eigenvalue weighted by Gasteiger charge is 2.29. The molecule has 0 saturated heterocycles. The summed E-state index contributed by atoms with van der Waals surface area (Å²) in [5.41, 5.74) is 0.835. The maximum atomic E-state index is 13.0. The van der Waals surface area contributed by atoms with Crippen LogP contribution in [0.25, 0.3) is 0 Å². The van der Waals surface area contributed by atoms with Crippen LogP contribution in [0.4, 0.5) is 0 Å². The van der Waals surface area contributed by atoms with Crippen LogP contribution in [0.2, 0.25) is 0 Å². The summed E-state index contributed by atoms with van der Waals surface area (Å²) < 4.78 is 0. The van der Waals surface area contributed by atoms with E-state index in [0.717, 1.165) is 0 Å². The second-order valence-corrected chi connectivity index (χ2v) is 8.30. The summed E-state index contributed by atoms with van der Waals surface area (Å²) in [6.45, 7) is 2.56. The number of carbonyl (C=O) groups is 5. The van der Waals surface area contributed by atoms with Gasteiger partial charge in [-0.15, -0.1) is 0 Å². The van der Waals surface area contributed by atoms with Crippen LogP contribution in [0.15, 0.2) is 48.7 Å². The lowest BCUT2D eigenvalue weighted by Crippen LogP contribution is -2.55. The molecule has 1 aromatic heterocycles. The van der Waals surface area contributed by atoms with Crippen LogP contribution >= 0.6 is 0 Å². The van der Waals surface area contributed by atoms with Gasteiger partial charge >= 0.3 is 5.97 Å². The molecule has 12 heteroatoms. The number of aliphatic carboxylic acids is 1. The van der Waals surface area contributed by atoms with Gasteiger partial charge in [-0.05, 0) is 30.5 Å². The van der Waals surface area contributed by atoms with Gasteiger partial charge in [0.1, 0.15) is 23.8 Å².